The second kappa shape index (κ2) is 5.04. The van der Waals surface area contributed by atoms with Crippen LogP contribution in [0.3, 0.4) is 0 Å². The van der Waals surface area contributed by atoms with Crippen molar-refractivity contribution in [2.24, 2.45) is 0 Å². The molecule has 2 rings (SSSR count). The highest BCUT2D eigenvalue weighted by Gasteiger charge is 2.07. The monoisotopic (exact) mass is 229 g/mol. The minimum absolute atomic E-state index is 0.425. The van der Waals surface area contributed by atoms with Gasteiger partial charge in [0.05, 0.1) is 5.69 Å². The number of imidazole rings is 1. The van der Waals surface area contributed by atoms with Crippen LogP contribution in [0.2, 0.25) is 0 Å². The zero-order valence-electron chi connectivity index (χ0n) is 10.6. The number of aryl methyl sites for hydroxylation is 1. The fourth-order valence-corrected chi connectivity index (χ4v) is 1.82. The Hall–Kier alpha value is -1.77. The van der Waals surface area contributed by atoms with Crippen LogP contribution in [0.25, 0.3) is 0 Å². The Balaban J connectivity index is 2.09. The van der Waals surface area contributed by atoms with Crippen LogP contribution in [-0.2, 0) is 6.54 Å². The van der Waals surface area contributed by atoms with E-state index in [2.05, 4.69) is 59.2 Å². The van der Waals surface area contributed by atoms with Gasteiger partial charge in [-0.1, -0.05) is 30.3 Å². The summed E-state index contributed by atoms with van der Waals surface area (Å²) in [6.45, 7) is 7.15. The van der Waals surface area contributed by atoms with Gasteiger partial charge >= 0.3 is 0 Å². The Morgan fingerprint density at radius 3 is 2.59 bits per heavy atom. The average Bonchev–Trinajstić information content (AvgIpc) is 2.69. The van der Waals surface area contributed by atoms with E-state index in [0.29, 0.717) is 6.04 Å². The quantitative estimate of drug-likeness (QED) is 0.871. The van der Waals surface area contributed by atoms with Gasteiger partial charge in [0.2, 0.25) is 5.95 Å². The van der Waals surface area contributed by atoms with Crippen molar-refractivity contribution in [3.8, 4) is 0 Å². The second-order valence-corrected chi connectivity index (χ2v) is 4.55. The van der Waals surface area contributed by atoms with Crippen molar-refractivity contribution in [1.29, 1.82) is 0 Å². The molecule has 0 unspecified atom stereocenters. The predicted octanol–water partition coefficient (Wildman–Crippen LogP) is 3.38. The molecule has 0 bridgehead atoms. The lowest BCUT2D eigenvalue weighted by molar-refractivity contribution is 0.604. The first-order chi connectivity index (χ1) is 8.16. The van der Waals surface area contributed by atoms with E-state index in [1.165, 1.54) is 5.56 Å². The first-order valence-electron chi connectivity index (χ1n) is 6.00. The summed E-state index contributed by atoms with van der Waals surface area (Å²) >= 11 is 0. The van der Waals surface area contributed by atoms with Gasteiger partial charge in [0.1, 0.15) is 0 Å². The molecule has 0 spiro atoms. The summed E-state index contributed by atoms with van der Waals surface area (Å²) in [6, 6.07) is 10.8. The lowest BCUT2D eigenvalue weighted by Gasteiger charge is -2.12. The van der Waals surface area contributed by atoms with Crippen molar-refractivity contribution in [3.63, 3.8) is 0 Å². The number of anilines is 1. The van der Waals surface area contributed by atoms with Crippen molar-refractivity contribution < 1.29 is 0 Å². The van der Waals surface area contributed by atoms with Gasteiger partial charge in [0.25, 0.3) is 0 Å². The molecule has 0 aliphatic heterocycles. The van der Waals surface area contributed by atoms with Crippen molar-refractivity contribution in [2.75, 3.05) is 5.32 Å². The van der Waals surface area contributed by atoms with Gasteiger partial charge in [-0.3, -0.25) is 0 Å². The fraction of sp³-hybridized carbons (Fsp3) is 0.357. The molecular weight excluding hydrogens is 210 g/mol. The Morgan fingerprint density at radius 2 is 1.94 bits per heavy atom. The van der Waals surface area contributed by atoms with E-state index >= 15 is 0 Å². The number of aromatic nitrogens is 2. The van der Waals surface area contributed by atoms with E-state index < -0.39 is 0 Å². The molecule has 0 fully saturated rings. The molecule has 0 radical (unpaired) electrons. The summed E-state index contributed by atoms with van der Waals surface area (Å²) in [7, 11) is 0. The third kappa shape index (κ3) is 2.87. The third-order valence-corrected chi connectivity index (χ3v) is 2.70. The van der Waals surface area contributed by atoms with Gasteiger partial charge < -0.3 is 9.88 Å². The Labute approximate surface area is 103 Å². The molecule has 0 atom stereocenters. The molecule has 0 saturated carbocycles. The SMILES string of the molecule is Cc1cn(C(C)C)c(NCc2ccccc2)n1. The Bertz CT molecular complexity index is 471. The van der Waals surface area contributed by atoms with Crippen LogP contribution in [0.15, 0.2) is 36.5 Å². The van der Waals surface area contributed by atoms with Crippen LogP contribution in [0.4, 0.5) is 5.95 Å². The molecule has 1 aromatic heterocycles. The summed E-state index contributed by atoms with van der Waals surface area (Å²) in [6.07, 6.45) is 2.08. The van der Waals surface area contributed by atoms with Crippen LogP contribution < -0.4 is 5.32 Å². The van der Waals surface area contributed by atoms with Crippen LogP contribution in [0, 0.1) is 6.92 Å². The molecule has 0 aliphatic rings. The molecule has 1 N–H and O–H groups in total. The maximum Gasteiger partial charge on any atom is 0.203 e. The van der Waals surface area contributed by atoms with Crippen LogP contribution >= 0.6 is 0 Å². The zero-order valence-corrected chi connectivity index (χ0v) is 10.6. The molecule has 17 heavy (non-hydrogen) atoms. The molecule has 3 heteroatoms. The topological polar surface area (TPSA) is 29.9 Å². The molecule has 0 aliphatic carbocycles. The van der Waals surface area contributed by atoms with E-state index in [-0.39, 0.29) is 0 Å². The fourth-order valence-electron chi connectivity index (χ4n) is 1.82. The lowest BCUT2D eigenvalue weighted by atomic mass is 10.2. The van der Waals surface area contributed by atoms with E-state index in [4.69, 9.17) is 0 Å². The summed E-state index contributed by atoms with van der Waals surface area (Å²) < 4.78 is 2.16. The van der Waals surface area contributed by atoms with Gasteiger partial charge in [-0.05, 0) is 26.3 Å². The summed E-state index contributed by atoms with van der Waals surface area (Å²) in [5, 5.41) is 3.38. The number of hydrogen-bond donors (Lipinski definition) is 1. The highest BCUT2D eigenvalue weighted by Crippen LogP contribution is 2.16. The number of nitrogens with one attached hydrogen (secondary N) is 1. The Morgan fingerprint density at radius 1 is 1.24 bits per heavy atom. The first kappa shape index (κ1) is 11.7. The summed E-state index contributed by atoms with van der Waals surface area (Å²) in [5.74, 6) is 0.946. The first-order valence-corrected chi connectivity index (χ1v) is 6.00. The average molecular weight is 229 g/mol. The highest BCUT2D eigenvalue weighted by atomic mass is 15.2. The lowest BCUT2D eigenvalue weighted by Crippen LogP contribution is -2.08. The third-order valence-electron chi connectivity index (χ3n) is 2.70. The number of nitrogens with zero attached hydrogens (tertiary/aromatic N) is 2. The maximum atomic E-state index is 4.50. The zero-order chi connectivity index (χ0) is 12.3. The predicted molar refractivity (Wildman–Crippen MR) is 71.1 cm³/mol. The summed E-state index contributed by atoms with van der Waals surface area (Å²) in [4.78, 5) is 4.50. The van der Waals surface area contributed by atoms with Gasteiger partial charge in [0, 0.05) is 18.8 Å². The van der Waals surface area contributed by atoms with Crippen molar-refractivity contribution in [2.45, 2.75) is 33.4 Å². The maximum absolute atomic E-state index is 4.50. The van der Waals surface area contributed by atoms with Gasteiger partial charge in [-0.2, -0.15) is 0 Å². The van der Waals surface area contributed by atoms with E-state index in [0.717, 1.165) is 18.2 Å². The smallest absolute Gasteiger partial charge is 0.203 e. The van der Waals surface area contributed by atoms with Crippen LogP contribution in [0.1, 0.15) is 31.1 Å². The summed E-state index contributed by atoms with van der Waals surface area (Å²) in [5.41, 5.74) is 2.32. The Kier molecular flexibility index (Phi) is 3.47. The molecule has 3 nitrogen and oxygen atoms in total. The molecule has 2 aromatic rings. The van der Waals surface area contributed by atoms with Crippen molar-refractivity contribution in [1.82, 2.24) is 9.55 Å². The molecule has 1 aromatic carbocycles. The second-order valence-electron chi connectivity index (χ2n) is 4.55. The molecule has 90 valence electrons. The molecule has 1 heterocycles. The standard InChI is InChI=1S/C14H19N3/c1-11(2)17-10-12(3)16-14(17)15-9-13-7-5-4-6-8-13/h4-8,10-11H,9H2,1-3H3,(H,15,16). The molecule has 0 saturated heterocycles. The molecule has 0 amide bonds. The largest absolute Gasteiger partial charge is 0.352 e. The van der Waals surface area contributed by atoms with Gasteiger partial charge in [-0.15, -0.1) is 0 Å². The minimum atomic E-state index is 0.425. The number of benzene rings is 1. The van der Waals surface area contributed by atoms with Crippen molar-refractivity contribution >= 4 is 5.95 Å². The van der Waals surface area contributed by atoms with E-state index in [9.17, 15) is 0 Å². The highest BCUT2D eigenvalue weighted by molar-refractivity contribution is 5.31. The van der Waals surface area contributed by atoms with Crippen molar-refractivity contribution in [3.05, 3.63) is 47.8 Å². The van der Waals surface area contributed by atoms with E-state index in [1.54, 1.807) is 0 Å². The normalized spacial score (nSPS) is 10.8. The number of hydrogen-bond acceptors (Lipinski definition) is 2. The van der Waals surface area contributed by atoms with Gasteiger partial charge in [-0.25, -0.2) is 4.98 Å². The van der Waals surface area contributed by atoms with Crippen LogP contribution in [-0.4, -0.2) is 9.55 Å². The van der Waals surface area contributed by atoms with Crippen LogP contribution in [0.5, 0.6) is 0 Å². The van der Waals surface area contributed by atoms with E-state index in [1.807, 2.05) is 13.0 Å². The minimum Gasteiger partial charge on any atom is -0.352 e. The number of rotatable bonds is 4. The molecular formula is C14H19N3. The van der Waals surface area contributed by atoms with Gasteiger partial charge in [0.15, 0.2) is 0 Å².